The maximum absolute atomic E-state index is 4.76. The van der Waals surface area contributed by atoms with Gasteiger partial charge in [-0.1, -0.05) is 29.8 Å². The highest BCUT2D eigenvalue weighted by atomic mass is 79.9. The van der Waals surface area contributed by atoms with Crippen LogP contribution in [-0.4, -0.2) is 22.5 Å². The Kier molecular flexibility index (Phi) is 4.45. The highest BCUT2D eigenvalue weighted by Crippen LogP contribution is 2.26. The van der Waals surface area contributed by atoms with Crippen molar-refractivity contribution >= 4 is 38.0 Å². The molecule has 0 atom stereocenters. The molecule has 0 saturated carbocycles. The number of aromatic nitrogens is 2. The number of hydrogen-bond donors (Lipinski definition) is 0. The third-order valence-corrected chi connectivity index (χ3v) is 4.04. The van der Waals surface area contributed by atoms with E-state index in [4.69, 9.17) is 4.98 Å². The standard InChI is InChI=1S/C12H18BrN3S/c1-3-5-15(6-4-2)11-10(9-13)16-7-8-17-12(16)14-11/h7-8H,3-6,9H2,1-2H3. The molecule has 0 aliphatic rings. The zero-order chi connectivity index (χ0) is 12.3. The summed E-state index contributed by atoms with van der Waals surface area (Å²) in [5.41, 5.74) is 1.27. The van der Waals surface area contributed by atoms with Crippen LogP contribution in [0.15, 0.2) is 11.6 Å². The average molecular weight is 316 g/mol. The predicted octanol–water partition coefficient (Wildman–Crippen LogP) is 3.92. The van der Waals surface area contributed by atoms with Crippen molar-refractivity contribution in [1.29, 1.82) is 0 Å². The summed E-state index contributed by atoms with van der Waals surface area (Å²) in [6.45, 7) is 6.60. The number of anilines is 1. The number of nitrogens with zero attached hydrogens (tertiary/aromatic N) is 3. The maximum atomic E-state index is 4.76. The molecular formula is C12H18BrN3S. The monoisotopic (exact) mass is 315 g/mol. The van der Waals surface area contributed by atoms with Gasteiger partial charge in [-0.2, -0.15) is 0 Å². The lowest BCUT2D eigenvalue weighted by atomic mass is 10.3. The van der Waals surface area contributed by atoms with E-state index in [0.717, 1.165) is 42.0 Å². The third kappa shape index (κ3) is 2.50. The van der Waals surface area contributed by atoms with Crippen molar-refractivity contribution in [3.63, 3.8) is 0 Å². The second kappa shape index (κ2) is 5.87. The number of hydrogen-bond acceptors (Lipinski definition) is 3. The maximum Gasteiger partial charge on any atom is 0.195 e. The highest BCUT2D eigenvalue weighted by molar-refractivity contribution is 9.08. The molecule has 0 saturated heterocycles. The minimum absolute atomic E-state index is 0.851. The van der Waals surface area contributed by atoms with E-state index < -0.39 is 0 Å². The van der Waals surface area contributed by atoms with E-state index >= 15 is 0 Å². The first kappa shape index (κ1) is 12.9. The van der Waals surface area contributed by atoms with E-state index in [1.165, 1.54) is 5.69 Å². The predicted molar refractivity (Wildman–Crippen MR) is 78.5 cm³/mol. The number of alkyl halides is 1. The van der Waals surface area contributed by atoms with Crippen LogP contribution in [0, 0.1) is 0 Å². The van der Waals surface area contributed by atoms with Crippen molar-refractivity contribution in [3.05, 3.63) is 17.3 Å². The molecule has 2 aromatic rings. The van der Waals surface area contributed by atoms with Crippen molar-refractivity contribution < 1.29 is 0 Å². The molecule has 94 valence electrons. The van der Waals surface area contributed by atoms with E-state index in [2.05, 4.69) is 50.7 Å². The van der Waals surface area contributed by atoms with Crippen LogP contribution < -0.4 is 4.90 Å². The molecule has 0 amide bonds. The lowest BCUT2D eigenvalue weighted by molar-refractivity contribution is 0.733. The van der Waals surface area contributed by atoms with Crippen LogP contribution in [0.5, 0.6) is 0 Å². The summed E-state index contributed by atoms with van der Waals surface area (Å²) in [7, 11) is 0. The molecule has 0 aliphatic carbocycles. The molecular weight excluding hydrogens is 298 g/mol. The van der Waals surface area contributed by atoms with Crippen LogP contribution in [0.25, 0.3) is 4.96 Å². The van der Waals surface area contributed by atoms with Crippen LogP contribution in [0.4, 0.5) is 5.82 Å². The van der Waals surface area contributed by atoms with Crippen LogP contribution in [0.3, 0.4) is 0 Å². The van der Waals surface area contributed by atoms with Gasteiger partial charge in [-0.05, 0) is 12.8 Å². The van der Waals surface area contributed by atoms with Crippen LogP contribution in [0.1, 0.15) is 32.4 Å². The molecule has 0 spiro atoms. The zero-order valence-electron chi connectivity index (χ0n) is 10.3. The van der Waals surface area contributed by atoms with Gasteiger partial charge in [0.15, 0.2) is 10.8 Å². The van der Waals surface area contributed by atoms with Crippen molar-refractivity contribution in [2.75, 3.05) is 18.0 Å². The lowest BCUT2D eigenvalue weighted by Gasteiger charge is -2.22. The molecule has 2 heterocycles. The fourth-order valence-electron chi connectivity index (χ4n) is 2.06. The Morgan fingerprint density at radius 2 is 2.06 bits per heavy atom. The zero-order valence-corrected chi connectivity index (χ0v) is 12.7. The molecule has 0 bridgehead atoms. The molecule has 0 unspecified atom stereocenters. The minimum Gasteiger partial charge on any atom is -0.355 e. The molecule has 0 aromatic carbocycles. The molecule has 0 aliphatic heterocycles. The summed E-state index contributed by atoms with van der Waals surface area (Å²) >= 11 is 5.28. The summed E-state index contributed by atoms with van der Waals surface area (Å²) in [6.07, 6.45) is 4.42. The minimum atomic E-state index is 0.851. The lowest BCUT2D eigenvalue weighted by Crippen LogP contribution is -2.26. The highest BCUT2D eigenvalue weighted by Gasteiger charge is 2.16. The van der Waals surface area contributed by atoms with Gasteiger partial charge in [0.25, 0.3) is 0 Å². The number of rotatable bonds is 6. The Morgan fingerprint density at radius 3 is 2.65 bits per heavy atom. The first-order valence-electron chi connectivity index (χ1n) is 6.07. The third-order valence-electron chi connectivity index (χ3n) is 2.75. The van der Waals surface area contributed by atoms with E-state index in [-0.39, 0.29) is 0 Å². The first-order chi connectivity index (χ1) is 8.31. The van der Waals surface area contributed by atoms with E-state index in [1.807, 2.05) is 0 Å². The topological polar surface area (TPSA) is 20.5 Å². The fraction of sp³-hybridized carbons (Fsp3) is 0.583. The number of halogens is 1. The molecule has 2 rings (SSSR count). The molecule has 2 aromatic heterocycles. The molecule has 0 radical (unpaired) electrons. The SMILES string of the molecule is CCCN(CCC)c1nc2sccn2c1CBr. The van der Waals surface area contributed by atoms with Gasteiger partial charge in [-0.15, -0.1) is 11.3 Å². The normalized spacial score (nSPS) is 11.2. The van der Waals surface area contributed by atoms with Crippen molar-refractivity contribution in [3.8, 4) is 0 Å². The smallest absolute Gasteiger partial charge is 0.195 e. The number of fused-ring (bicyclic) bond motifs is 1. The van der Waals surface area contributed by atoms with E-state index in [0.29, 0.717) is 0 Å². The van der Waals surface area contributed by atoms with Gasteiger partial charge < -0.3 is 4.90 Å². The summed E-state index contributed by atoms with van der Waals surface area (Å²) in [4.78, 5) is 8.25. The van der Waals surface area contributed by atoms with Crippen LogP contribution >= 0.6 is 27.3 Å². The van der Waals surface area contributed by atoms with Gasteiger partial charge in [-0.3, -0.25) is 4.40 Å². The number of imidazole rings is 1. The molecule has 3 nitrogen and oxygen atoms in total. The van der Waals surface area contributed by atoms with Crippen molar-refractivity contribution in [2.45, 2.75) is 32.0 Å². The van der Waals surface area contributed by atoms with Gasteiger partial charge in [0.1, 0.15) is 0 Å². The fourth-order valence-corrected chi connectivity index (χ4v) is 3.31. The van der Waals surface area contributed by atoms with Crippen LogP contribution in [-0.2, 0) is 5.33 Å². The van der Waals surface area contributed by atoms with Gasteiger partial charge in [-0.25, -0.2) is 4.98 Å². The summed E-state index contributed by atoms with van der Waals surface area (Å²) in [6, 6.07) is 0. The first-order valence-corrected chi connectivity index (χ1v) is 8.07. The van der Waals surface area contributed by atoms with E-state index in [9.17, 15) is 0 Å². The summed E-state index contributed by atoms with van der Waals surface area (Å²) in [5, 5.41) is 2.94. The molecule has 5 heteroatoms. The van der Waals surface area contributed by atoms with Gasteiger partial charge >= 0.3 is 0 Å². The Morgan fingerprint density at radius 1 is 1.35 bits per heavy atom. The molecule has 0 N–H and O–H groups in total. The summed E-state index contributed by atoms with van der Waals surface area (Å²) < 4.78 is 2.19. The Labute approximate surface area is 115 Å². The average Bonchev–Trinajstić information content (AvgIpc) is 2.87. The van der Waals surface area contributed by atoms with Crippen LogP contribution in [0.2, 0.25) is 0 Å². The Balaban J connectivity index is 2.40. The van der Waals surface area contributed by atoms with Gasteiger partial charge in [0, 0.05) is 30.0 Å². The summed E-state index contributed by atoms with van der Waals surface area (Å²) in [5.74, 6) is 1.15. The molecule has 0 fully saturated rings. The molecule has 17 heavy (non-hydrogen) atoms. The van der Waals surface area contributed by atoms with Crippen molar-refractivity contribution in [1.82, 2.24) is 9.38 Å². The van der Waals surface area contributed by atoms with Gasteiger partial charge in [0.05, 0.1) is 5.69 Å². The second-order valence-electron chi connectivity index (χ2n) is 4.06. The van der Waals surface area contributed by atoms with E-state index in [1.54, 1.807) is 11.3 Å². The van der Waals surface area contributed by atoms with Gasteiger partial charge in [0.2, 0.25) is 0 Å². The quantitative estimate of drug-likeness (QED) is 0.753. The second-order valence-corrected chi connectivity index (χ2v) is 5.49. The largest absolute Gasteiger partial charge is 0.355 e. The Bertz CT molecular complexity index is 471. The Hall–Kier alpha value is -0.550. The number of thiazole rings is 1. The van der Waals surface area contributed by atoms with Crippen molar-refractivity contribution in [2.24, 2.45) is 0 Å².